The molecule has 6 heteroatoms. The van der Waals surface area contributed by atoms with Crippen molar-refractivity contribution in [2.24, 2.45) is 0 Å². The third-order valence-electron chi connectivity index (χ3n) is 5.05. The molecule has 0 aliphatic carbocycles. The van der Waals surface area contributed by atoms with Gasteiger partial charge >= 0.3 is 0 Å². The number of carbonyl (C=O) groups is 2. The van der Waals surface area contributed by atoms with Crippen LogP contribution < -0.4 is 10.1 Å². The van der Waals surface area contributed by atoms with Crippen LogP contribution in [0.2, 0.25) is 0 Å². The summed E-state index contributed by atoms with van der Waals surface area (Å²) in [7, 11) is 2.06. The van der Waals surface area contributed by atoms with Gasteiger partial charge in [-0.05, 0) is 68.8 Å². The van der Waals surface area contributed by atoms with Crippen molar-refractivity contribution in [1.29, 1.82) is 0 Å². The minimum Gasteiger partial charge on any atom is -0.482 e. The van der Waals surface area contributed by atoms with E-state index in [0.29, 0.717) is 23.4 Å². The van der Waals surface area contributed by atoms with E-state index < -0.39 is 0 Å². The number of Topliss-reactive ketones (excluding diaryl/α,β-unsaturated/α-hetero) is 1. The lowest BCUT2D eigenvalue weighted by atomic mass is 10.0. The first-order valence-electron chi connectivity index (χ1n) is 10.0. The van der Waals surface area contributed by atoms with Crippen molar-refractivity contribution >= 4 is 17.4 Å². The molecule has 0 atom stereocenters. The third-order valence-corrected chi connectivity index (χ3v) is 5.05. The first-order chi connectivity index (χ1) is 14.0. The van der Waals surface area contributed by atoms with E-state index in [1.54, 1.807) is 30.3 Å². The molecule has 1 amide bonds. The number of amides is 1. The number of anilines is 1. The molecule has 1 heterocycles. The molecule has 0 bridgehead atoms. The second kappa shape index (κ2) is 10.2. The van der Waals surface area contributed by atoms with E-state index in [2.05, 4.69) is 17.3 Å². The second-order valence-electron chi connectivity index (χ2n) is 7.46. The minimum atomic E-state index is -0.205. The lowest BCUT2D eigenvalue weighted by molar-refractivity contribution is -0.118. The summed E-state index contributed by atoms with van der Waals surface area (Å²) in [5.74, 6) is 0.279. The van der Waals surface area contributed by atoms with E-state index >= 15 is 0 Å². The van der Waals surface area contributed by atoms with Crippen LogP contribution in [0.1, 0.15) is 41.6 Å². The number of hydrogen-bond donors (Lipinski definition) is 1. The van der Waals surface area contributed by atoms with Crippen molar-refractivity contribution in [2.45, 2.75) is 32.1 Å². The average Bonchev–Trinajstić information content (AvgIpc) is 2.71. The van der Waals surface area contributed by atoms with Gasteiger partial charge in [0.25, 0.3) is 5.91 Å². The number of benzene rings is 2. The van der Waals surface area contributed by atoms with Gasteiger partial charge in [0.05, 0.1) is 5.69 Å². The van der Waals surface area contributed by atoms with Crippen LogP contribution in [0.25, 0.3) is 0 Å². The largest absolute Gasteiger partial charge is 0.482 e. The van der Waals surface area contributed by atoms with Gasteiger partial charge in [-0.3, -0.25) is 9.59 Å². The van der Waals surface area contributed by atoms with Gasteiger partial charge in [0.2, 0.25) is 0 Å². The topological polar surface area (TPSA) is 58.6 Å². The van der Waals surface area contributed by atoms with Gasteiger partial charge in [0.1, 0.15) is 11.6 Å². The van der Waals surface area contributed by atoms with E-state index in [9.17, 15) is 14.0 Å². The zero-order valence-corrected chi connectivity index (χ0v) is 16.7. The summed E-state index contributed by atoms with van der Waals surface area (Å²) in [4.78, 5) is 26.0. The quantitative estimate of drug-likeness (QED) is 0.484. The first kappa shape index (κ1) is 21.0. The van der Waals surface area contributed by atoms with E-state index in [1.165, 1.54) is 6.07 Å². The Labute approximate surface area is 170 Å². The molecule has 2 aromatic rings. The Hall–Kier alpha value is -2.73. The molecule has 1 aliphatic heterocycles. The predicted octanol–water partition coefficient (Wildman–Crippen LogP) is 4.07. The standard InChI is InChI=1S/C23H27FN2O3/c1-26(13-11-17-6-5-7-19(24)14-17)12-4-2-3-8-21(27)18-9-10-22-20(15-18)25-23(28)16-29-22/h5-7,9-10,14-15H,2-4,8,11-13,16H2,1H3,(H,25,28). The van der Waals surface area contributed by atoms with E-state index in [-0.39, 0.29) is 24.1 Å². The fraction of sp³-hybridized carbons (Fsp3) is 0.391. The van der Waals surface area contributed by atoms with Gasteiger partial charge in [-0.15, -0.1) is 0 Å². The van der Waals surface area contributed by atoms with Gasteiger partial charge in [-0.1, -0.05) is 18.6 Å². The van der Waals surface area contributed by atoms with Crippen LogP contribution in [0, 0.1) is 5.82 Å². The van der Waals surface area contributed by atoms with Crippen LogP contribution in [-0.4, -0.2) is 43.3 Å². The first-order valence-corrected chi connectivity index (χ1v) is 10.0. The monoisotopic (exact) mass is 398 g/mol. The number of hydrogen-bond acceptors (Lipinski definition) is 4. The summed E-state index contributed by atoms with van der Waals surface area (Å²) >= 11 is 0. The number of fused-ring (bicyclic) bond motifs is 1. The van der Waals surface area contributed by atoms with E-state index in [1.807, 2.05) is 6.07 Å². The molecule has 1 aliphatic rings. The normalized spacial score (nSPS) is 13.0. The minimum absolute atomic E-state index is 0.0109. The van der Waals surface area contributed by atoms with Gasteiger partial charge in [-0.2, -0.15) is 0 Å². The van der Waals surface area contributed by atoms with Gasteiger partial charge in [0.15, 0.2) is 12.4 Å². The average molecular weight is 398 g/mol. The van der Waals surface area contributed by atoms with Crippen molar-refractivity contribution in [3.8, 4) is 5.75 Å². The van der Waals surface area contributed by atoms with Crippen LogP contribution in [0.3, 0.4) is 0 Å². The van der Waals surface area contributed by atoms with Crippen LogP contribution in [0.5, 0.6) is 5.75 Å². The molecule has 0 saturated heterocycles. The molecule has 154 valence electrons. The number of halogens is 1. The Morgan fingerprint density at radius 3 is 2.83 bits per heavy atom. The number of nitrogens with one attached hydrogen (secondary N) is 1. The molecule has 0 spiro atoms. The molecule has 1 N–H and O–H groups in total. The number of carbonyl (C=O) groups excluding carboxylic acids is 2. The zero-order valence-electron chi connectivity index (χ0n) is 16.7. The van der Waals surface area contributed by atoms with Crippen LogP contribution in [0.15, 0.2) is 42.5 Å². The fourth-order valence-corrected chi connectivity index (χ4v) is 3.37. The summed E-state index contributed by atoms with van der Waals surface area (Å²) in [5, 5.41) is 2.73. The molecule has 0 saturated carbocycles. The highest BCUT2D eigenvalue weighted by Crippen LogP contribution is 2.29. The summed E-state index contributed by atoms with van der Waals surface area (Å²) in [5.41, 5.74) is 2.17. The maximum Gasteiger partial charge on any atom is 0.262 e. The molecule has 2 aromatic carbocycles. The van der Waals surface area contributed by atoms with Gasteiger partial charge < -0.3 is 15.0 Å². The lowest BCUT2D eigenvalue weighted by Crippen LogP contribution is -2.25. The van der Waals surface area contributed by atoms with Gasteiger partial charge in [0, 0.05) is 18.5 Å². The van der Waals surface area contributed by atoms with Crippen LogP contribution in [-0.2, 0) is 11.2 Å². The molecule has 0 unspecified atom stereocenters. The number of rotatable bonds is 10. The van der Waals surface area contributed by atoms with E-state index in [0.717, 1.165) is 44.3 Å². The number of ketones is 1. The Balaban J connectivity index is 1.33. The Morgan fingerprint density at radius 2 is 2.00 bits per heavy atom. The van der Waals surface area contributed by atoms with Crippen molar-refractivity contribution in [3.63, 3.8) is 0 Å². The van der Waals surface area contributed by atoms with Gasteiger partial charge in [-0.25, -0.2) is 4.39 Å². The summed E-state index contributed by atoms with van der Waals surface area (Å²) in [6, 6.07) is 11.9. The zero-order chi connectivity index (χ0) is 20.6. The number of ether oxygens (including phenoxy) is 1. The molecule has 3 rings (SSSR count). The van der Waals surface area contributed by atoms with Crippen molar-refractivity contribution in [1.82, 2.24) is 4.90 Å². The highest BCUT2D eigenvalue weighted by Gasteiger charge is 2.17. The molecular weight excluding hydrogens is 371 g/mol. The third kappa shape index (κ3) is 6.39. The molecule has 5 nitrogen and oxygen atoms in total. The maximum atomic E-state index is 13.2. The van der Waals surface area contributed by atoms with Crippen LogP contribution in [0.4, 0.5) is 10.1 Å². The smallest absolute Gasteiger partial charge is 0.262 e. The Morgan fingerprint density at radius 1 is 1.14 bits per heavy atom. The molecule has 0 radical (unpaired) electrons. The molecular formula is C23H27FN2O3. The predicted molar refractivity (Wildman–Crippen MR) is 111 cm³/mol. The maximum absolute atomic E-state index is 13.2. The number of nitrogens with zero attached hydrogens (tertiary/aromatic N) is 1. The molecule has 29 heavy (non-hydrogen) atoms. The Kier molecular flexibility index (Phi) is 7.36. The van der Waals surface area contributed by atoms with Crippen LogP contribution >= 0.6 is 0 Å². The summed E-state index contributed by atoms with van der Waals surface area (Å²) < 4.78 is 18.5. The SMILES string of the molecule is CN(CCCCCC(=O)c1ccc2c(c1)NC(=O)CO2)CCc1cccc(F)c1. The summed E-state index contributed by atoms with van der Waals surface area (Å²) in [6.45, 7) is 1.84. The Bertz CT molecular complexity index is 869. The second-order valence-corrected chi connectivity index (χ2v) is 7.46. The van der Waals surface area contributed by atoms with E-state index in [4.69, 9.17) is 4.74 Å². The van der Waals surface area contributed by atoms with Crippen molar-refractivity contribution in [2.75, 3.05) is 32.1 Å². The fourth-order valence-electron chi connectivity index (χ4n) is 3.37. The highest BCUT2D eigenvalue weighted by molar-refractivity contribution is 6.00. The number of likely N-dealkylation sites (N-methyl/N-ethyl adjacent to an activating group) is 1. The molecule has 0 aromatic heterocycles. The molecule has 0 fully saturated rings. The summed E-state index contributed by atoms with van der Waals surface area (Å²) in [6.07, 6.45) is 4.13. The van der Waals surface area contributed by atoms with Crippen molar-refractivity contribution < 1.29 is 18.7 Å². The lowest BCUT2D eigenvalue weighted by Gasteiger charge is -2.18. The number of unbranched alkanes of at least 4 members (excludes halogenated alkanes) is 2. The van der Waals surface area contributed by atoms with Crippen molar-refractivity contribution in [3.05, 3.63) is 59.4 Å². The highest BCUT2D eigenvalue weighted by atomic mass is 19.1.